The molecule has 0 aliphatic rings. The van der Waals surface area contributed by atoms with E-state index in [1.165, 1.54) is 0 Å². The van der Waals surface area contributed by atoms with E-state index >= 15 is 0 Å². The molecule has 2 rings (SSSR count). The summed E-state index contributed by atoms with van der Waals surface area (Å²) in [6, 6.07) is 7.53. The molecule has 0 saturated heterocycles. The van der Waals surface area contributed by atoms with E-state index in [1.54, 1.807) is 6.07 Å². The topological polar surface area (TPSA) is 54.7 Å². The number of rotatable bonds is 3. The van der Waals surface area contributed by atoms with Gasteiger partial charge in [-0.1, -0.05) is 35.3 Å². The van der Waals surface area contributed by atoms with E-state index in [0.717, 1.165) is 23.4 Å². The highest BCUT2D eigenvalue weighted by Crippen LogP contribution is 2.32. The predicted octanol–water partition coefficient (Wildman–Crippen LogP) is 3.27. The molecule has 0 amide bonds. The van der Waals surface area contributed by atoms with Gasteiger partial charge < -0.3 is 5.73 Å². The van der Waals surface area contributed by atoms with Crippen molar-refractivity contribution in [1.29, 1.82) is 0 Å². The minimum Gasteiger partial charge on any atom is -0.328 e. The van der Waals surface area contributed by atoms with E-state index in [-0.39, 0.29) is 6.04 Å². The van der Waals surface area contributed by atoms with Crippen molar-refractivity contribution < 1.29 is 0 Å². The van der Waals surface area contributed by atoms with Gasteiger partial charge in [-0.05, 0) is 19.1 Å². The fourth-order valence-corrected chi connectivity index (χ4v) is 2.05. The second kappa shape index (κ2) is 5.08. The molecule has 1 aromatic heterocycles. The number of nitrogens with zero attached hydrogens (tertiary/aromatic N) is 1. The van der Waals surface area contributed by atoms with Crippen LogP contribution in [-0.4, -0.2) is 16.2 Å². The number of H-pyrrole nitrogens is 1. The largest absolute Gasteiger partial charge is 0.328 e. The number of benzene rings is 1. The zero-order valence-electron chi connectivity index (χ0n) is 9.37. The molecule has 1 unspecified atom stereocenters. The third kappa shape index (κ3) is 2.80. The van der Waals surface area contributed by atoms with E-state index < -0.39 is 0 Å². The third-order valence-electron chi connectivity index (χ3n) is 2.40. The van der Waals surface area contributed by atoms with Gasteiger partial charge in [0.15, 0.2) is 0 Å². The van der Waals surface area contributed by atoms with Gasteiger partial charge in [0, 0.05) is 23.7 Å². The monoisotopic (exact) mass is 269 g/mol. The Morgan fingerprint density at radius 1 is 1.41 bits per heavy atom. The van der Waals surface area contributed by atoms with Gasteiger partial charge in [0.25, 0.3) is 0 Å². The second-order valence-electron chi connectivity index (χ2n) is 4.06. The van der Waals surface area contributed by atoms with Gasteiger partial charge >= 0.3 is 0 Å². The lowest BCUT2D eigenvalue weighted by Crippen LogP contribution is -2.17. The van der Waals surface area contributed by atoms with Crippen molar-refractivity contribution in [2.75, 3.05) is 0 Å². The number of nitrogens with two attached hydrogens (primary N) is 1. The van der Waals surface area contributed by atoms with Crippen LogP contribution in [0.2, 0.25) is 10.0 Å². The number of halogens is 2. The minimum absolute atomic E-state index is 0.0955. The Kier molecular flexibility index (Phi) is 3.72. The lowest BCUT2D eigenvalue weighted by molar-refractivity contribution is 0.719. The fraction of sp³-hybridized carbons (Fsp3) is 0.250. The van der Waals surface area contributed by atoms with E-state index in [1.807, 2.05) is 25.1 Å². The molecule has 2 aromatic rings. The summed E-state index contributed by atoms with van der Waals surface area (Å²) in [5.74, 6) is 0. The summed E-state index contributed by atoms with van der Waals surface area (Å²) in [4.78, 5) is 0. The predicted molar refractivity (Wildman–Crippen MR) is 71.4 cm³/mol. The second-order valence-corrected chi connectivity index (χ2v) is 4.85. The molecule has 1 heterocycles. The number of aromatic nitrogens is 2. The smallest absolute Gasteiger partial charge is 0.0939 e. The zero-order valence-corrected chi connectivity index (χ0v) is 10.9. The Morgan fingerprint density at radius 2 is 2.18 bits per heavy atom. The molecule has 0 spiro atoms. The lowest BCUT2D eigenvalue weighted by atomic mass is 10.1. The average molecular weight is 270 g/mol. The SMILES string of the molecule is CC(N)Cc1cc(-c2cccc(Cl)c2Cl)n[nH]1. The van der Waals surface area contributed by atoms with Crippen molar-refractivity contribution >= 4 is 23.2 Å². The molecule has 5 heteroatoms. The molecule has 0 aliphatic heterocycles. The molecule has 3 N–H and O–H groups in total. The van der Waals surface area contributed by atoms with Crippen molar-refractivity contribution in [1.82, 2.24) is 10.2 Å². The van der Waals surface area contributed by atoms with Gasteiger partial charge in [0.05, 0.1) is 15.7 Å². The Morgan fingerprint density at radius 3 is 2.88 bits per heavy atom. The van der Waals surface area contributed by atoms with Crippen LogP contribution in [-0.2, 0) is 6.42 Å². The fourth-order valence-electron chi connectivity index (χ4n) is 1.65. The van der Waals surface area contributed by atoms with Crippen LogP contribution in [0.3, 0.4) is 0 Å². The Labute approximate surface area is 110 Å². The maximum absolute atomic E-state index is 6.13. The molecular weight excluding hydrogens is 257 g/mol. The number of nitrogens with one attached hydrogen (secondary N) is 1. The van der Waals surface area contributed by atoms with Gasteiger partial charge in [0.2, 0.25) is 0 Å². The van der Waals surface area contributed by atoms with Crippen LogP contribution in [0.1, 0.15) is 12.6 Å². The van der Waals surface area contributed by atoms with E-state index in [0.29, 0.717) is 10.0 Å². The molecule has 1 aromatic carbocycles. The van der Waals surface area contributed by atoms with E-state index in [2.05, 4.69) is 10.2 Å². The van der Waals surface area contributed by atoms with Crippen molar-refractivity contribution in [2.24, 2.45) is 5.73 Å². The summed E-state index contributed by atoms with van der Waals surface area (Å²) in [6.07, 6.45) is 0.755. The average Bonchev–Trinajstić information content (AvgIpc) is 2.69. The molecule has 0 aliphatic carbocycles. The van der Waals surface area contributed by atoms with E-state index in [4.69, 9.17) is 28.9 Å². The summed E-state index contributed by atoms with van der Waals surface area (Å²) >= 11 is 12.1. The van der Waals surface area contributed by atoms with Crippen LogP contribution in [0.5, 0.6) is 0 Å². The van der Waals surface area contributed by atoms with Gasteiger partial charge in [-0.25, -0.2) is 0 Å². The molecule has 0 radical (unpaired) electrons. The van der Waals surface area contributed by atoms with Crippen molar-refractivity contribution in [3.8, 4) is 11.3 Å². The normalized spacial score (nSPS) is 12.7. The van der Waals surface area contributed by atoms with Crippen LogP contribution in [0.25, 0.3) is 11.3 Å². The van der Waals surface area contributed by atoms with Crippen molar-refractivity contribution in [3.63, 3.8) is 0 Å². The highest BCUT2D eigenvalue weighted by atomic mass is 35.5. The Bertz CT molecular complexity index is 520. The van der Waals surface area contributed by atoms with Gasteiger partial charge in [-0.2, -0.15) is 5.10 Å². The highest BCUT2D eigenvalue weighted by Gasteiger charge is 2.10. The quantitative estimate of drug-likeness (QED) is 0.899. The zero-order chi connectivity index (χ0) is 12.4. The molecule has 1 atom stereocenters. The van der Waals surface area contributed by atoms with E-state index in [9.17, 15) is 0 Å². The molecule has 90 valence electrons. The minimum atomic E-state index is 0.0955. The molecule has 3 nitrogen and oxygen atoms in total. The summed E-state index contributed by atoms with van der Waals surface area (Å²) in [5.41, 5.74) is 8.33. The molecule has 17 heavy (non-hydrogen) atoms. The third-order valence-corrected chi connectivity index (χ3v) is 3.22. The van der Waals surface area contributed by atoms with Crippen molar-refractivity contribution in [3.05, 3.63) is 40.0 Å². The first kappa shape index (κ1) is 12.4. The number of hydrogen-bond acceptors (Lipinski definition) is 2. The van der Waals surface area contributed by atoms with Gasteiger partial charge in [-0.3, -0.25) is 5.10 Å². The molecule has 0 saturated carbocycles. The highest BCUT2D eigenvalue weighted by molar-refractivity contribution is 6.43. The van der Waals surface area contributed by atoms with Crippen LogP contribution in [0.4, 0.5) is 0 Å². The first-order chi connectivity index (χ1) is 8.08. The lowest BCUT2D eigenvalue weighted by Gasteiger charge is -2.01. The number of aromatic amines is 1. The Hall–Kier alpha value is -1.03. The standard InChI is InChI=1S/C12H13Cl2N3/c1-7(15)5-8-6-11(17-16-8)9-3-2-4-10(13)12(9)14/h2-4,6-7H,5,15H2,1H3,(H,16,17). The summed E-state index contributed by atoms with van der Waals surface area (Å²) in [7, 11) is 0. The molecule has 0 fully saturated rings. The number of hydrogen-bond donors (Lipinski definition) is 2. The van der Waals surface area contributed by atoms with Crippen molar-refractivity contribution in [2.45, 2.75) is 19.4 Å². The summed E-state index contributed by atoms with van der Waals surface area (Å²) in [6.45, 7) is 1.95. The van der Waals surface area contributed by atoms with Gasteiger partial charge in [0.1, 0.15) is 0 Å². The summed E-state index contributed by atoms with van der Waals surface area (Å²) < 4.78 is 0. The summed E-state index contributed by atoms with van der Waals surface area (Å²) in [5, 5.41) is 8.22. The first-order valence-electron chi connectivity index (χ1n) is 5.32. The van der Waals surface area contributed by atoms with Gasteiger partial charge in [-0.15, -0.1) is 0 Å². The molecule has 0 bridgehead atoms. The van der Waals surface area contributed by atoms with Crippen LogP contribution >= 0.6 is 23.2 Å². The molecular formula is C12H13Cl2N3. The maximum atomic E-state index is 6.13. The maximum Gasteiger partial charge on any atom is 0.0939 e. The Balaban J connectivity index is 2.34. The van der Waals surface area contributed by atoms with Crippen LogP contribution < -0.4 is 5.73 Å². The first-order valence-corrected chi connectivity index (χ1v) is 6.07. The van der Waals surface area contributed by atoms with Crippen LogP contribution in [0, 0.1) is 0 Å². The van der Waals surface area contributed by atoms with Crippen LogP contribution in [0.15, 0.2) is 24.3 Å².